The quantitative estimate of drug-likeness (QED) is 0.424. The molecule has 1 spiro atoms. The van der Waals surface area contributed by atoms with Crippen molar-refractivity contribution < 1.29 is 31.1 Å². The van der Waals surface area contributed by atoms with E-state index in [-0.39, 0.29) is 42.2 Å². The predicted molar refractivity (Wildman–Crippen MR) is 137 cm³/mol. The number of hydrogen-bond donors (Lipinski definition) is 2. The van der Waals surface area contributed by atoms with Gasteiger partial charge >= 0.3 is 0 Å². The Morgan fingerprint density at radius 2 is 1.82 bits per heavy atom. The number of aromatic nitrogens is 1. The van der Waals surface area contributed by atoms with Gasteiger partial charge in [-0.3, -0.25) is 9.59 Å². The van der Waals surface area contributed by atoms with Gasteiger partial charge in [0.2, 0.25) is 5.92 Å². The standard InChI is InChI=1S/C28H32F6N4O2/c1-15(17-4-3-5-18(24(17)30)25(31)32)35-26(40)19-11-38(16-9-27(10-16)13-28(33,34)14-27)23(39)8-22(19)36-21-6-7-37(2)12-20(21)29/h3-5,8,11,15-16,20-21,25,36H,6-7,9-10,12-14H2,1-2H3,(H,35,40)/t15-,20-,21+/m1/s1. The molecule has 0 radical (unpaired) electrons. The summed E-state index contributed by atoms with van der Waals surface area (Å²) in [6, 6.07) is 2.67. The fraction of sp³-hybridized carbons (Fsp3) is 0.571. The molecule has 1 amide bonds. The molecule has 1 aromatic carbocycles. The van der Waals surface area contributed by atoms with Crippen molar-refractivity contribution in [2.24, 2.45) is 5.41 Å². The third-order valence-corrected chi connectivity index (χ3v) is 8.52. The Labute approximate surface area is 227 Å². The lowest BCUT2D eigenvalue weighted by atomic mass is 9.52. The van der Waals surface area contributed by atoms with Crippen LogP contribution in [0.3, 0.4) is 0 Å². The van der Waals surface area contributed by atoms with E-state index in [4.69, 9.17) is 0 Å². The van der Waals surface area contributed by atoms with Crippen molar-refractivity contribution in [1.82, 2.24) is 14.8 Å². The molecular weight excluding hydrogens is 538 g/mol. The van der Waals surface area contributed by atoms with Gasteiger partial charge in [-0.2, -0.15) is 0 Å². The van der Waals surface area contributed by atoms with E-state index >= 15 is 0 Å². The van der Waals surface area contributed by atoms with Gasteiger partial charge < -0.3 is 20.1 Å². The average Bonchev–Trinajstić information content (AvgIpc) is 2.82. The van der Waals surface area contributed by atoms with Gasteiger partial charge in [0.05, 0.1) is 28.9 Å². The van der Waals surface area contributed by atoms with Crippen LogP contribution in [0.5, 0.6) is 0 Å². The number of carbonyl (C=O) groups is 1. The van der Waals surface area contributed by atoms with E-state index < -0.39 is 58.9 Å². The van der Waals surface area contributed by atoms with Crippen LogP contribution >= 0.6 is 0 Å². The molecule has 3 atom stereocenters. The van der Waals surface area contributed by atoms with E-state index in [0.717, 1.165) is 6.07 Å². The maximum atomic E-state index is 14.8. The Kier molecular flexibility index (Phi) is 7.43. The third-order valence-electron chi connectivity index (χ3n) is 8.52. The Morgan fingerprint density at radius 1 is 1.15 bits per heavy atom. The summed E-state index contributed by atoms with van der Waals surface area (Å²) in [5.41, 5.74) is -1.81. The molecule has 3 fully saturated rings. The molecule has 3 aliphatic rings. The van der Waals surface area contributed by atoms with Gasteiger partial charge in [-0.15, -0.1) is 0 Å². The zero-order valence-electron chi connectivity index (χ0n) is 22.2. The molecule has 5 rings (SSSR count). The van der Waals surface area contributed by atoms with Gasteiger partial charge in [0, 0.05) is 49.8 Å². The summed E-state index contributed by atoms with van der Waals surface area (Å²) in [7, 11) is 1.79. The zero-order valence-corrected chi connectivity index (χ0v) is 22.2. The van der Waals surface area contributed by atoms with Crippen LogP contribution in [0.4, 0.5) is 32.0 Å². The summed E-state index contributed by atoms with van der Waals surface area (Å²) in [6.45, 7) is 2.21. The van der Waals surface area contributed by atoms with Gasteiger partial charge in [-0.25, -0.2) is 26.3 Å². The molecule has 0 unspecified atom stereocenters. The summed E-state index contributed by atoms with van der Waals surface area (Å²) in [6.07, 6.45) is -2.27. The van der Waals surface area contributed by atoms with Crippen molar-refractivity contribution in [3.05, 3.63) is 63.3 Å². The highest BCUT2D eigenvalue weighted by molar-refractivity contribution is 5.99. The average molecular weight is 571 g/mol. The maximum Gasteiger partial charge on any atom is 0.266 e. The molecule has 40 heavy (non-hydrogen) atoms. The molecule has 1 aromatic heterocycles. The van der Waals surface area contributed by atoms with Crippen LogP contribution in [-0.4, -0.2) is 53.6 Å². The number of amides is 1. The van der Waals surface area contributed by atoms with Crippen LogP contribution in [-0.2, 0) is 0 Å². The normalized spacial score (nSPS) is 24.8. The SMILES string of the molecule is C[C@@H](NC(=O)c1cn(C2CC3(C2)CC(F)(F)C3)c(=O)cc1N[C@H]1CCN(C)C[C@H]1F)c1cccc(C(F)F)c1F. The van der Waals surface area contributed by atoms with Crippen LogP contribution in [0.1, 0.15) is 79.0 Å². The lowest BCUT2D eigenvalue weighted by Crippen LogP contribution is -2.55. The number of likely N-dealkylation sites (tertiary alicyclic amines) is 1. The molecule has 2 heterocycles. The lowest BCUT2D eigenvalue weighted by molar-refractivity contribution is -0.203. The Balaban J connectivity index is 1.42. The fourth-order valence-electron chi connectivity index (χ4n) is 6.45. The van der Waals surface area contributed by atoms with Gasteiger partial charge in [-0.1, -0.05) is 18.2 Å². The number of piperidine rings is 1. The number of pyridine rings is 1. The first-order valence-electron chi connectivity index (χ1n) is 13.4. The molecule has 218 valence electrons. The van der Waals surface area contributed by atoms with Crippen molar-refractivity contribution in [2.45, 2.75) is 75.7 Å². The van der Waals surface area contributed by atoms with Gasteiger partial charge in [-0.05, 0) is 38.6 Å². The maximum absolute atomic E-state index is 14.8. The zero-order chi connectivity index (χ0) is 29.0. The van der Waals surface area contributed by atoms with Crippen molar-refractivity contribution in [3.8, 4) is 0 Å². The van der Waals surface area contributed by atoms with E-state index in [0.29, 0.717) is 25.8 Å². The number of halogens is 6. The fourth-order valence-corrected chi connectivity index (χ4v) is 6.45. The molecule has 2 aliphatic carbocycles. The summed E-state index contributed by atoms with van der Waals surface area (Å²) >= 11 is 0. The minimum absolute atomic E-state index is 0.0112. The van der Waals surface area contributed by atoms with Crippen molar-refractivity contribution in [2.75, 3.05) is 25.5 Å². The first-order chi connectivity index (χ1) is 18.8. The van der Waals surface area contributed by atoms with Crippen molar-refractivity contribution in [3.63, 3.8) is 0 Å². The molecule has 6 nitrogen and oxygen atoms in total. The van der Waals surface area contributed by atoms with E-state index in [1.165, 1.54) is 35.9 Å². The smallest absolute Gasteiger partial charge is 0.266 e. The van der Waals surface area contributed by atoms with Crippen molar-refractivity contribution >= 4 is 11.6 Å². The Morgan fingerprint density at radius 3 is 2.45 bits per heavy atom. The molecule has 1 saturated heterocycles. The molecule has 12 heteroatoms. The largest absolute Gasteiger partial charge is 0.378 e. The second-order valence-corrected chi connectivity index (χ2v) is 11.7. The number of rotatable bonds is 7. The van der Waals surface area contributed by atoms with E-state index in [2.05, 4.69) is 10.6 Å². The number of anilines is 1. The van der Waals surface area contributed by atoms with E-state index in [9.17, 15) is 35.9 Å². The topological polar surface area (TPSA) is 66.4 Å². The second-order valence-electron chi connectivity index (χ2n) is 11.7. The molecule has 1 aliphatic heterocycles. The molecule has 2 aromatic rings. The van der Waals surface area contributed by atoms with Crippen LogP contribution in [0.25, 0.3) is 0 Å². The monoisotopic (exact) mass is 570 g/mol. The van der Waals surface area contributed by atoms with Gasteiger partial charge in [0.25, 0.3) is 17.9 Å². The summed E-state index contributed by atoms with van der Waals surface area (Å²) in [5.74, 6) is -4.55. The number of carbonyl (C=O) groups excluding carboxylic acids is 1. The van der Waals surface area contributed by atoms with E-state index in [1.54, 1.807) is 7.05 Å². The third kappa shape index (κ3) is 5.46. The van der Waals surface area contributed by atoms with Gasteiger partial charge in [0.1, 0.15) is 12.0 Å². The highest BCUT2D eigenvalue weighted by Crippen LogP contribution is 2.65. The molecule has 2 saturated carbocycles. The summed E-state index contributed by atoms with van der Waals surface area (Å²) in [5, 5.41) is 5.60. The van der Waals surface area contributed by atoms with Crippen LogP contribution in [0.15, 0.2) is 35.3 Å². The van der Waals surface area contributed by atoms with Crippen LogP contribution in [0.2, 0.25) is 0 Å². The minimum atomic E-state index is -3.04. The number of alkyl halides is 5. The minimum Gasteiger partial charge on any atom is -0.378 e. The van der Waals surface area contributed by atoms with Crippen LogP contribution < -0.4 is 16.2 Å². The van der Waals surface area contributed by atoms with E-state index in [1.807, 2.05) is 4.90 Å². The summed E-state index contributed by atoms with van der Waals surface area (Å²) in [4.78, 5) is 28.4. The first-order valence-corrected chi connectivity index (χ1v) is 13.4. The highest BCUT2D eigenvalue weighted by Gasteiger charge is 2.62. The molecule has 0 bridgehead atoms. The number of nitrogens with one attached hydrogen (secondary N) is 2. The predicted octanol–water partition coefficient (Wildman–Crippen LogP) is 5.62. The van der Waals surface area contributed by atoms with Crippen molar-refractivity contribution in [1.29, 1.82) is 0 Å². The van der Waals surface area contributed by atoms with Gasteiger partial charge in [0.15, 0.2) is 0 Å². The molecule has 2 N–H and O–H groups in total. The second kappa shape index (κ2) is 10.4. The Bertz CT molecular complexity index is 1330. The summed E-state index contributed by atoms with van der Waals surface area (Å²) < 4.78 is 84.3. The van der Waals surface area contributed by atoms with Crippen LogP contribution in [0, 0.1) is 11.2 Å². The number of benzene rings is 1. The first kappa shape index (κ1) is 28.5. The highest BCUT2D eigenvalue weighted by atomic mass is 19.3. The lowest BCUT2D eigenvalue weighted by Gasteiger charge is -2.57. The number of nitrogens with zero attached hydrogens (tertiary/aromatic N) is 2. The number of hydrogen-bond acceptors (Lipinski definition) is 4. The molecular formula is C28H32F6N4O2. The Hall–Kier alpha value is -3.02.